The second kappa shape index (κ2) is 5.43. The van der Waals surface area contributed by atoms with Crippen LogP contribution in [0.5, 0.6) is 0 Å². The summed E-state index contributed by atoms with van der Waals surface area (Å²) in [5.74, 6) is 0.149. The number of pyridine rings is 1. The quantitative estimate of drug-likeness (QED) is 0.927. The van der Waals surface area contributed by atoms with Gasteiger partial charge in [0.2, 0.25) is 0 Å². The summed E-state index contributed by atoms with van der Waals surface area (Å²) >= 11 is 3.30. The lowest BCUT2D eigenvalue weighted by Gasteiger charge is -2.05. The molecule has 0 atom stereocenters. The number of rotatable bonds is 2. The van der Waals surface area contributed by atoms with Gasteiger partial charge in [-0.3, -0.25) is 4.79 Å². The fourth-order valence-electron chi connectivity index (χ4n) is 1.39. The van der Waals surface area contributed by atoms with Gasteiger partial charge in [0.15, 0.2) is 0 Å². The summed E-state index contributed by atoms with van der Waals surface area (Å²) in [6, 6.07) is 12.0. The lowest BCUT2D eigenvalue weighted by molar-refractivity contribution is 0.102. The number of carbonyl (C=O) groups excluding carboxylic acids is 1. The van der Waals surface area contributed by atoms with Crippen LogP contribution in [0.4, 0.5) is 5.82 Å². The largest absolute Gasteiger partial charge is 0.306 e. The van der Waals surface area contributed by atoms with E-state index in [1.165, 1.54) is 6.07 Å². The van der Waals surface area contributed by atoms with Crippen LogP contribution < -0.4 is 5.32 Å². The van der Waals surface area contributed by atoms with Crippen LogP contribution in [0.3, 0.4) is 0 Å². The van der Waals surface area contributed by atoms with Gasteiger partial charge in [0.05, 0.1) is 16.1 Å². The highest BCUT2D eigenvalue weighted by Crippen LogP contribution is 2.19. The van der Waals surface area contributed by atoms with Gasteiger partial charge in [-0.05, 0) is 46.3 Å². The molecule has 0 aliphatic carbocycles. The molecule has 1 aromatic heterocycles. The van der Waals surface area contributed by atoms with E-state index in [1.807, 2.05) is 6.07 Å². The Kier molecular flexibility index (Phi) is 3.70. The Hall–Kier alpha value is -2.19. The first-order chi connectivity index (χ1) is 8.70. The van der Waals surface area contributed by atoms with Crippen LogP contribution >= 0.6 is 15.9 Å². The number of benzene rings is 1. The molecule has 1 N–H and O–H groups in total. The molecule has 88 valence electrons. The molecule has 2 aromatic rings. The summed E-state index contributed by atoms with van der Waals surface area (Å²) in [6.45, 7) is 0. The van der Waals surface area contributed by atoms with Crippen molar-refractivity contribution in [1.82, 2.24) is 4.98 Å². The molecule has 0 saturated heterocycles. The van der Waals surface area contributed by atoms with Crippen LogP contribution in [-0.2, 0) is 0 Å². The maximum Gasteiger partial charge on any atom is 0.256 e. The number of anilines is 1. The molecule has 0 bridgehead atoms. The standard InChI is InChI=1S/C13H8BrN3O/c14-11-5-2-6-16-12(11)17-13(18)10-4-1-3-9(7-10)8-15/h1-7H,(H,16,17,18). The van der Waals surface area contributed by atoms with Crippen LogP contribution in [0.15, 0.2) is 47.1 Å². The lowest BCUT2D eigenvalue weighted by Crippen LogP contribution is -2.13. The first kappa shape index (κ1) is 12.3. The fourth-order valence-corrected chi connectivity index (χ4v) is 1.74. The summed E-state index contributed by atoms with van der Waals surface area (Å²) in [4.78, 5) is 16.0. The molecule has 0 aliphatic rings. The minimum Gasteiger partial charge on any atom is -0.306 e. The minimum absolute atomic E-state index is 0.300. The monoisotopic (exact) mass is 301 g/mol. The van der Waals surface area contributed by atoms with Crippen LogP contribution in [0.2, 0.25) is 0 Å². The van der Waals surface area contributed by atoms with Crippen LogP contribution in [0.25, 0.3) is 0 Å². The number of carbonyl (C=O) groups is 1. The summed E-state index contributed by atoms with van der Waals surface area (Å²) < 4.78 is 0.704. The van der Waals surface area contributed by atoms with Gasteiger partial charge >= 0.3 is 0 Å². The van der Waals surface area contributed by atoms with Crippen LogP contribution in [0, 0.1) is 11.3 Å². The van der Waals surface area contributed by atoms with Crippen molar-refractivity contribution in [3.05, 3.63) is 58.2 Å². The zero-order valence-electron chi connectivity index (χ0n) is 9.22. The van der Waals surface area contributed by atoms with Crippen molar-refractivity contribution in [2.24, 2.45) is 0 Å². The van der Waals surface area contributed by atoms with Gasteiger partial charge in [-0.25, -0.2) is 4.98 Å². The first-order valence-corrected chi connectivity index (χ1v) is 5.92. The second-order valence-corrected chi connectivity index (χ2v) is 4.33. The Morgan fingerprint density at radius 1 is 1.33 bits per heavy atom. The van der Waals surface area contributed by atoms with E-state index in [1.54, 1.807) is 36.5 Å². The van der Waals surface area contributed by atoms with Gasteiger partial charge in [-0.1, -0.05) is 6.07 Å². The highest BCUT2D eigenvalue weighted by molar-refractivity contribution is 9.10. The van der Waals surface area contributed by atoms with Crippen molar-refractivity contribution >= 4 is 27.7 Å². The van der Waals surface area contributed by atoms with E-state index in [0.717, 1.165) is 0 Å². The normalized spacial score (nSPS) is 9.56. The van der Waals surface area contributed by atoms with Gasteiger partial charge in [-0.2, -0.15) is 5.26 Å². The van der Waals surface area contributed by atoms with E-state index in [2.05, 4.69) is 26.2 Å². The maximum absolute atomic E-state index is 12.0. The molecule has 0 fully saturated rings. The smallest absolute Gasteiger partial charge is 0.256 e. The molecule has 0 radical (unpaired) electrons. The molecule has 1 aromatic carbocycles. The zero-order chi connectivity index (χ0) is 13.0. The zero-order valence-corrected chi connectivity index (χ0v) is 10.8. The summed E-state index contributed by atoms with van der Waals surface area (Å²) in [6.07, 6.45) is 1.59. The van der Waals surface area contributed by atoms with Gasteiger partial charge in [0.25, 0.3) is 5.91 Å². The van der Waals surface area contributed by atoms with Crippen molar-refractivity contribution in [3.8, 4) is 6.07 Å². The van der Waals surface area contributed by atoms with E-state index in [9.17, 15) is 4.79 Å². The fraction of sp³-hybridized carbons (Fsp3) is 0. The predicted molar refractivity (Wildman–Crippen MR) is 71.0 cm³/mol. The number of nitriles is 1. The third-order valence-electron chi connectivity index (χ3n) is 2.24. The van der Waals surface area contributed by atoms with Crippen molar-refractivity contribution in [3.63, 3.8) is 0 Å². The molecule has 1 heterocycles. The Balaban J connectivity index is 2.23. The molecule has 18 heavy (non-hydrogen) atoms. The molecular weight excluding hydrogens is 294 g/mol. The Morgan fingerprint density at radius 3 is 2.89 bits per heavy atom. The van der Waals surface area contributed by atoms with E-state index >= 15 is 0 Å². The molecule has 0 saturated carbocycles. The highest BCUT2D eigenvalue weighted by atomic mass is 79.9. The van der Waals surface area contributed by atoms with Gasteiger partial charge in [-0.15, -0.1) is 0 Å². The van der Waals surface area contributed by atoms with Crippen LogP contribution in [0.1, 0.15) is 15.9 Å². The lowest BCUT2D eigenvalue weighted by atomic mass is 10.1. The summed E-state index contributed by atoms with van der Waals surface area (Å²) in [5.41, 5.74) is 0.870. The average Bonchev–Trinajstić information content (AvgIpc) is 2.41. The molecule has 5 heteroatoms. The van der Waals surface area contributed by atoms with E-state index in [0.29, 0.717) is 21.4 Å². The maximum atomic E-state index is 12.0. The predicted octanol–water partition coefficient (Wildman–Crippen LogP) is 2.97. The van der Waals surface area contributed by atoms with E-state index in [-0.39, 0.29) is 5.91 Å². The number of nitrogens with one attached hydrogen (secondary N) is 1. The number of nitrogens with zero attached hydrogens (tertiary/aromatic N) is 2. The molecular formula is C13H8BrN3O. The molecule has 0 spiro atoms. The molecule has 1 amide bonds. The van der Waals surface area contributed by atoms with Crippen molar-refractivity contribution in [2.45, 2.75) is 0 Å². The number of halogens is 1. The topological polar surface area (TPSA) is 65.8 Å². The average molecular weight is 302 g/mol. The Labute approximate surface area is 112 Å². The molecule has 2 rings (SSSR count). The number of aromatic nitrogens is 1. The van der Waals surface area contributed by atoms with E-state index in [4.69, 9.17) is 5.26 Å². The van der Waals surface area contributed by atoms with Gasteiger partial charge in [0, 0.05) is 11.8 Å². The third-order valence-corrected chi connectivity index (χ3v) is 2.88. The Bertz CT molecular complexity index is 634. The van der Waals surface area contributed by atoms with Crippen molar-refractivity contribution in [2.75, 3.05) is 5.32 Å². The second-order valence-electron chi connectivity index (χ2n) is 3.48. The number of amides is 1. The van der Waals surface area contributed by atoms with Crippen LogP contribution in [-0.4, -0.2) is 10.9 Å². The molecule has 0 unspecified atom stereocenters. The summed E-state index contributed by atoms with van der Waals surface area (Å²) in [5, 5.41) is 11.4. The Morgan fingerprint density at radius 2 is 2.17 bits per heavy atom. The number of hydrogen-bond donors (Lipinski definition) is 1. The first-order valence-electron chi connectivity index (χ1n) is 5.13. The van der Waals surface area contributed by atoms with Crippen molar-refractivity contribution in [1.29, 1.82) is 5.26 Å². The van der Waals surface area contributed by atoms with Crippen molar-refractivity contribution < 1.29 is 4.79 Å². The molecule has 0 aliphatic heterocycles. The molecule has 4 nitrogen and oxygen atoms in total. The SMILES string of the molecule is N#Cc1cccc(C(=O)Nc2ncccc2Br)c1. The van der Waals surface area contributed by atoms with E-state index < -0.39 is 0 Å². The third kappa shape index (κ3) is 2.73. The number of hydrogen-bond acceptors (Lipinski definition) is 3. The minimum atomic E-state index is -0.300. The summed E-state index contributed by atoms with van der Waals surface area (Å²) in [7, 11) is 0. The highest BCUT2D eigenvalue weighted by Gasteiger charge is 2.09. The van der Waals surface area contributed by atoms with Gasteiger partial charge < -0.3 is 5.32 Å². The van der Waals surface area contributed by atoms with Gasteiger partial charge in [0.1, 0.15) is 5.82 Å².